The first kappa shape index (κ1) is 18.5. The summed E-state index contributed by atoms with van der Waals surface area (Å²) in [5, 5.41) is 5.33. The summed E-state index contributed by atoms with van der Waals surface area (Å²) in [7, 11) is -2.17. The van der Waals surface area contributed by atoms with Crippen LogP contribution in [0.2, 0.25) is 0 Å². The molecule has 0 spiro atoms. The fourth-order valence-corrected chi connectivity index (χ4v) is 3.66. The summed E-state index contributed by atoms with van der Waals surface area (Å²) in [6.45, 7) is 2.27. The highest BCUT2D eigenvalue weighted by molar-refractivity contribution is 7.89. The largest absolute Gasteiger partial charge is 0.344 e. The van der Waals surface area contributed by atoms with Crippen LogP contribution in [0.3, 0.4) is 0 Å². The van der Waals surface area contributed by atoms with Crippen molar-refractivity contribution in [2.24, 2.45) is 5.73 Å². The minimum absolute atomic E-state index is 0.155. The van der Waals surface area contributed by atoms with Crippen molar-refractivity contribution in [1.82, 2.24) is 15.0 Å². The third kappa shape index (κ3) is 4.38. The lowest BCUT2D eigenvalue weighted by molar-refractivity contribution is 0.0935. The molecular formula is C15H20N4O3S2. The SMILES string of the molecule is CNS(=O)(=O)c1cccc(C(C)NC(=O)c2csc(CCN)n2)c1. The molecule has 1 amide bonds. The van der Waals surface area contributed by atoms with Gasteiger partial charge in [0.25, 0.3) is 5.91 Å². The zero-order valence-corrected chi connectivity index (χ0v) is 15.1. The van der Waals surface area contributed by atoms with Crippen molar-refractivity contribution in [3.63, 3.8) is 0 Å². The van der Waals surface area contributed by atoms with E-state index >= 15 is 0 Å². The first-order valence-electron chi connectivity index (χ1n) is 7.36. The van der Waals surface area contributed by atoms with Gasteiger partial charge in [0, 0.05) is 11.8 Å². The van der Waals surface area contributed by atoms with Gasteiger partial charge in [0.1, 0.15) is 5.69 Å². The summed E-state index contributed by atoms with van der Waals surface area (Å²) in [5.41, 5.74) is 6.51. The van der Waals surface area contributed by atoms with Crippen LogP contribution >= 0.6 is 11.3 Å². The average molecular weight is 368 g/mol. The Morgan fingerprint density at radius 1 is 1.42 bits per heavy atom. The van der Waals surface area contributed by atoms with Crippen LogP contribution in [0, 0.1) is 0 Å². The molecule has 1 heterocycles. The van der Waals surface area contributed by atoms with Gasteiger partial charge < -0.3 is 11.1 Å². The molecule has 4 N–H and O–H groups in total. The maximum absolute atomic E-state index is 12.3. The third-order valence-electron chi connectivity index (χ3n) is 3.43. The Morgan fingerprint density at radius 3 is 2.83 bits per heavy atom. The Hall–Kier alpha value is -1.81. The van der Waals surface area contributed by atoms with E-state index < -0.39 is 10.0 Å². The first-order valence-corrected chi connectivity index (χ1v) is 9.72. The van der Waals surface area contributed by atoms with E-state index in [1.165, 1.54) is 30.5 Å². The van der Waals surface area contributed by atoms with Gasteiger partial charge in [-0.3, -0.25) is 4.79 Å². The molecule has 24 heavy (non-hydrogen) atoms. The number of carbonyl (C=O) groups excluding carboxylic acids is 1. The van der Waals surface area contributed by atoms with E-state index in [1.807, 2.05) is 0 Å². The van der Waals surface area contributed by atoms with Crippen LogP contribution in [0.1, 0.15) is 34.0 Å². The van der Waals surface area contributed by atoms with Gasteiger partial charge in [-0.05, 0) is 38.2 Å². The summed E-state index contributed by atoms with van der Waals surface area (Å²) >= 11 is 1.39. The number of rotatable bonds is 7. The van der Waals surface area contributed by atoms with E-state index in [9.17, 15) is 13.2 Å². The number of nitrogens with zero attached hydrogens (tertiary/aromatic N) is 1. The second-order valence-electron chi connectivity index (χ2n) is 5.14. The van der Waals surface area contributed by atoms with Crippen LogP contribution in [0.25, 0.3) is 0 Å². The second kappa shape index (κ2) is 7.84. The molecule has 0 saturated heterocycles. The van der Waals surface area contributed by atoms with Gasteiger partial charge >= 0.3 is 0 Å². The van der Waals surface area contributed by atoms with Gasteiger partial charge in [0.2, 0.25) is 10.0 Å². The van der Waals surface area contributed by atoms with Crippen molar-refractivity contribution in [1.29, 1.82) is 0 Å². The maximum Gasteiger partial charge on any atom is 0.271 e. The molecule has 0 aliphatic rings. The van der Waals surface area contributed by atoms with Gasteiger partial charge in [0.15, 0.2) is 0 Å². The Bertz CT molecular complexity index is 818. The highest BCUT2D eigenvalue weighted by atomic mass is 32.2. The van der Waals surface area contributed by atoms with Crippen LogP contribution in [0.4, 0.5) is 0 Å². The minimum atomic E-state index is -3.52. The smallest absolute Gasteiger partial charge is 0.271 e. The molecule has 0 aliphatic heterocycles. The summed E-state index contributed by atoms with van der Waals surface area (Å²) < 4.78 is 26.0. The predicted octanol–water partition coefficient (Wildman–Crippen LogP) is 1.04. The monoisotopic (exact) mass is 368 g/mol. The highest BCUT2D eigenvalue weighted by Crippen LogP contribution is 2.18. The molecule has 130 valence electrons. The van der Waals surface area contributed by atoms with Gasteiger partial charge in [-0.15, -0.1) is 11.3 Å². The second-order valence-corrected chi connectivity index (χ2v) is 7.97. The average Bonchev–Trinajstić information content (AvgIpc) is 3.04. The van der Waals surface area contributed by atoms with Crippen LogP contribution in [0.15, 0.2) is 34.5 Å². The topological polar surface area (TPSA) is 114 Å². The molecule has 1 aromatic heterocycles. The summed E-state index contributed by atoms with van der Waals surface area (Å²) in [6, 6.07) is 6.09. The van der Waals surface area contributed by atoms with Gasteiger partial charge in [-0.2, -0.15) is 0 Å². The lowest BCUT2D eigenvalue weighted by Gasteiger charge is -2.14. The zero-order valence-electron chi connectivity index (χ0n) is 13.4. The number of aromatic nitrogens is 1. The molecule has 1 atom stereocenters. The number of amides is 1. The number of hydrogen-bond donors (Lipinski definition) is 3. The van der Waals surface area contributed by atoms with Crippen LogP contribution in [0.5, 0.6) is 0 Å². The van der Waals surface area contributed by atoms with E-state index in [0.717, 1.165) is 5.01 Å². The zero-order chi connectivity index (χ0) is 17.7. The minimum Gasteiger partial charge on any atom is -0.344 e. The highest BCUT2D eigenvalue weighted by Gasteiger charge is 2.17. The summed E-state index contributed by atoms with van der Waals surface area (Å²) in [6.07, 6.45) is 0.636. The summed E-state index contributed by atoms with van der Waals surface area (Å²) in [4.78, 5) is 16.6. The first-order chi connectivity index (χ1) is 11.4. The lowest BCUT2D eigenvalue weighted by atomic mass is 10.1. The molecule has 0 saturated carbocycles. The molecule has 0 radical (unpaired) electrons. The van der Waals surface area contributed by atoms with Gasteiger partial charge in [-0.1, -0.05) is 12.1 Å². The van der Waals surface area contributed by atoms with Gasteiger partial charge in [-0.25, -0.2) is 18.1 Å². The van der Waals surface area contributed by atoms with Crippen molar-refractivity contribution in [3.8, 4) is 0 Å². The van der Waals surface area contributed by atoms with Crippen molar-refractivity contribution >= 4 is 27.3 Å². The van der Waals surface area contributed by atoms with Crippen molar-refractivity contribution < 1.29 is 13.2 Å². The number of thiazole rings is 1. The van der Waals surface area contributed by atoms with Gasteiger partial charge in [0.05, 0.1) is 15.9 Å². The number of benzene rings is 1. The van der Waals surface area contributed by atoms with E-state index in [0.29, 0.717) is 24.2 Å². The fourth-order valence-electron chi connectivity index (χ4n) is 2.08. The van der Waals surface area contributed by atoms with Crippen molar-refractivity contribution in [3.05, 3.63) is 45.9 Å². The van der Waals surface area contributed by atoms with E-state index in [-0.39, 0.29) is 16.8 Å². The van der Waals surface area contributed by atoms with E-state index in [1.54, 1.807) is 24.4 Å². The van der Waals surface area contributed by atoms with Crippen molar-refractivity contribution in [2.45, 2.75) is 24.3 Å². The molecule has 1 aromatic carbocycles. The molecule has 0 aliphatic carbocycles. The number of nitrogens with two attached hydrogens (primary N) is 1. The Morgan fingerprint density at radius 2 is 2.17 bits per heavy atom. The molecular weight excluding hydrogens is 348 g/mol. The molecule has 9 heteroatoms. The molecule has 0 bridgehead atoms. The maximum atomic E-state index is 12.3. The number of nitrogens with one attached hydrogen (secondary N) is 2. The Labute approximate surface area is 145 Å². The molecule has 1 unspecified atom stereocenters. The normalized spacial score (nSPS) is 12.8. The number of carbonyl (C=O) groups is 1. The van der Waals surface area contributed by atoms with E-state index in [4.69, 9.17) is 5.73 Å². The lowest BCUT2D eigenvalue weighted by Crippen LogP contribution is -2.27. The number of sulfonamides is 1. The fraction of sp³-hybridized carbons (Fsp3) is 0.333. The molecule has 0 fully saturated rings. The molecule has 7 nitrogen and oxygen atoms in total. The third-order valence-corrected chi connectivity index (χ3v) is 5.75. The Balaban J connectivity index is 2.13. The standard InChI is InChI=1S/C15H20N4O3S2/c1-10(11-4-3-5-12(8-11)24(21,22)17-2)18-15(20)13-9-23-14(19-13)6-7-16/h3-5,8-10,17H,6-7,16H2,1-2H3,(H,18,20). The molecule has 2 rings (SSSR count). The molecule has 2 aromatic rings. The predicted molar refractivity (Wildman–Crippen MR) is 93.4 cm³/mol. The van der Waals surface area contributed by atoms with E-state index in [2.05, 4.69) is 15.0 Å². The van der Waals surface area contributed by atoms with Crippen LogP contribution in [-0.4, -0.2) is 32.9 Å². The quantitative estimate of drug-likeness (QED) is 0.676. The van der Waals surface area contributed by atoms with Crippen LogP contribution < -0.4 is 15.8 Å². The van der Waals surface area contributed by atoms with Crippen LogP contribution in [-0.2, 0) is 16.4 Å². The Kier molecular flexibility index (Phi) is 6.05. The summed E-state index contributed by atoms with van der Waals surface area (Å²) in [5.74, 6) is -0.302. The van der Waals surface area contributed by atoms with Crippen molar-refractivity contribution in [2.75, 3.05) is 13.6 Å². The number of hydrogen-bond acceptors (Lipinski definition) is 6.